The van der Waals surface area contributed by atoms with Crippen molar-refractivity contribution in [3.63, 3.8) is 0 Å². The second-order valence-corrected chi connectivity index (χ2v) is 7.82. The van der Waals surface area contributed by atoms with Gasteiger partial charge in [0.05, 0.1) is 24.8 Å². The maximum atomic E-state index is 13.7. The van der Waals surface area contributed by atoms with Crippen molar-refractivity contribution in [3.8, 4) is 11.6 Å². The van der Waals surface area contributed by atoms with Crippen LogP contribution in [-0.2, 0) is 6.54 Å². The van der Waals surface area contributed by atoms with Crippen LogP contribution in [0.5, 0.6) is 5.88 Å². The molecule has 0 N–H and O–H groups in total. The van der Waals surface area contributed by atoms with Crippen molar-refractivity contribution >= 4 is 12.2 Å². The third-order valence-corrected chi connectivity index (χ3v) is 5.59. The minimum Gasteiger partial charge on any atom is -0.479 e. The normalized spacial score (nSPS) is 15.8. The molecule has 1 aromatic carbocycles. The van der Waals surface area contributed by atoms with Gasteiger partial charge in [-0.2, -0.15) is 5.10 Å². The monoisotopic (exact) mass is 430 g/mol. The number of rotatable bonds is 5. The highest BCUT2D eigenvalue weighted by Gasteiger charge is 2.25. The van der Waals surface area contributed by atoms with Gasteiger partial charge >= 0.3 is 0 Å². The molecule has 0 bridgehead atoms. The molecular weight excluding hydrogens is 407 g/mol. The van der Waals surface area contributed by atoms with E-state index in [1.54, 1.807) is 25.6 Å². The molecule has 8 heteroatoms. The van der Waals surface area contributed by atoms with E-state index in [2.05, 4.69) is 15.1 Å². The fourth-order valence-corrected chi connectivity index (χ4v) is 4.08. The Balaban J connectivity index is 1.41. The Morgan fingerprint density at radius 3 is 2.84 bits per heavy atom. The number of imidazole rings is 1. The average Bonchev–Trinajstić information content (AvgIpc) is 3.43. The van der Waals surface area contributed by atoms with E-state index < -0.39 is 0 Å². The van der Waals surface area contributed by atoms with Gasteiger partial charge in [0.2, 0.25) is 5.88 Å². The average molecular weight is 430 g/mol. The van der Waals surface area contributed by atoms with Gasteiger partial charge in [-0.05, 0) is 61.7 Å². The lowest BCUT2D eigenvalue weighted by molar-refractivity contribution is 0.395. The summed E-state index contributed by atoms with van der Waals surface area (Å²) in [5, 5.41) is 4.63. The molecule has 0 fully saturated rings. The van der Waals surface area contributed by atoms with Crippen LogP contribution in [0.3, 0.4) is 0 Å². The number of hydrogen-bond acceptors (Lipinski definition) is 5. The zero-order chi connectivity index (χ0) is 22.1. The molecule has 0 unspecified atom stereocenters. The van der Waals surface area contributed by atoms with Gasteiger partial charge in [-0.15, -0.1) is 0 Å². The van der Waals surface area contributed by atoms with Crippen LogP contribution in [0, 0.1) is 12.7 Å². The van der Waals surface area contributed by atoms with Crippen molar-refractivity contribution in [1.29, 1.82) is 0 Å². The van der Waals surface area contributed by atoms with Crippen molar-refractivity contribution in [3.05, 3.63) is 83.3 Å². The number of hydrogen-bond donors (Lipinski definition) is 0. The Bertz CT molecular complexity index is 1290. The van der Waals surface area contributed by atoms with Gasteiger partial charge in [-0.1, -0.05) is 12.1 Å². The highest BCUT2D eigenvalue weighted by Crippen LogP contribution is 2.32. The summed E-state index contributed by atoms with van der Waals surface area (Å²) < 4.78 is 23.0. The van der Waals surface area contributed by atoms with Crippen molar-refractivity contribution in [1.82, 2.24) is 29.3 Å². The van der Waals surface area contributed by atoms with Gasteiger partial charge in [0.15, 0.2) is 5.82 Å². The van der Waals surface area contributed by atoms with Gasteiger partial charge in [0, 0.05) is 18.7 Å². The van der Waals surface area contributed by atoms with Crippen LogP contribution >= 0.6 is 0 Å². The van der Waals surface area contributed by atoms with Crippen LogP contribution in [0.25, 0.3) is 17.8 Å². The highest BCUT2D eigenvalue weighted by atomic mass is 19.1. The summed E-state index contributed by atoms with van der Waals surface area (Å²) in [5.41, 5.74) is 3.41. The van der Waals surface area contributed by atoms with Crippen molar-refractivity contribution < 1.29 is 9.13 Å². The first-order chi connectivity index (χ1) is 15.6. The number of ether oxygens (including phenoxy) is 1. The van der Waals surface area contributed by atoms with Gasteiger partial charge in [0.1, 0.15) is 17.3 Å². The first kappa shape index (κ1) is 20.1. The second-order valence-electron chi connectivity index (χ2n) is 7.82. The van der Waals surface area contributed by atoms with Crippen molar-refractivity contribution in [2.45, 2.75) is 32.2 Å². The zero-order valence-electron chi connectivity index (χ0n) is 17.9. The summed E-state index contributed by atoms with van der Waals surface area (Å²) in [5.74, 6) is 1.81. The maximum Gasteiger partial charge on any atom is 0.238 e. The minimum absolute atomic E-state index is 0.0465. The third kappa shape index (κ3) is 3.91. The van der Waals surface area contributed by atoms with Gasteiger partial charge in [0.25, 0.3) is 0 Å². The van der Waals surface area contributed by atoms with Gasteiger partial charge in [-0.25, -0.2) is 24.0 Å². The van der Waals surface area contributed by atoms with E-state index >= 15 is 0 Å². The van der Waals surface area contributed by atoms with Gasteiger partial charge in [-0.3, -0.25) is 0 Å². The van der Waals surface area contributed by atoms with E-state index in [1.807, 2.05) is 52.7 Å². The summed E-state index contributed by atoms with van der Waals surface area (Å²) in [7, 11) is 1.60. The Hall–Kier alpha value is -3.81. The summed E-state index contributed by atoms with van der Waals surface area (Å²) in [6.45, 7) is 2.75. The number of halogens is 1. The molecule has 1 aliphatic heterocycles. The van der Waals surface area contributed by atoms with Crippen LogP contribution in [0.15, 0.2) is 48.9 Å². The molecule has 3 aromatic heterocycles. The molecular formula is C24H23FN6O. The number of benzene rings is 1. The predicted molar refractivity (Wildman–Crippen MR) is 119 cm³/mol. The number of nitrogens with zero attached hydrogens (tertiary/aromatic N) is 6. The lowest BCUT2D eigenvalue weighted by atomic mass is 9.91. The summed E-state index contributed by atoms with van der Waals surface area (Å²) in [6.07, 6.45) is 9.28. The molecule has 4 aromatic rings. The molecule has 4 heterocycles. The van der Waals surface area contributed by atoms with E-state index in [1.165, 1.54) is 6.07 Å². The predicted octanol–water partition coefficient (Wildman–Crippen LogP) is 4.41. The molecule has 0 saturated heterocycles. The van der Waals surface area contributed by atoms with Crippen molar-refractivity contribution in [2.75, 3.05) is 7.11 Å². The molecule has 0 aliphatic carbocycles. The summed E-state index contributed by atoms with van der Waals surface area (Å²) in [4.78, 5) is 13.6. The quantitative estimate of drug-likeness (QED) is 0.469. The molecule has 0 radical (unpaired) electrons. The number of aryl methyl sites for hydroxylation is 2. The molecule has 1 atom stereocenters. The smallest absolute Gasteiger partial charge is 0.238 e. The Kier molecular flexibility index (Phi) is 5.26. The standard InChI is InChI=1S/C24H23FN6O/c1-16-14-30(15-26-16)21-10-8-19(27-24(21)32-2)9-11-22-28-23-20(7-4-12-31(23)29-22)17-5-3-6-18(25)13-17/h3,5-6,8-11,13-15,20H,4,7,12H2,1-2H3/b11-9+/t20-/m0/s1. The van der Waals surface area contributed by atoms with Crippen LogP contribution in [0.1, 0.15) is 47.4 Å². The first-order valence-corrected chi connectivity index (χ1v) is 10.5. The van der Waals surface area contributed by atoms with E-state index in [-0.39, 0.29) is 11.7 Å². The number of aromatic nitrogens is 6. The molecule has 0 saturated carbocycles. The maximum absolute atomic E-state index is 13.7. The number of fused-ring (bicyclic) bond motifs is 1. The Labute approximate surface area is 185 Å². The highest BCUT2D eigenvalue weighted by molar-refractivity contribution is 5.65. The van der Waals surface area contributed by atoms with E-state index in [0.717, 1.165) is 47.8 Å². The molecule has 32 heavy (non-hydrogen) atoms. The topological polar surface area (TPSA) is 70.7 Å². The van der Waals surface area contributed by atoms with Crippen LogP contribution < -0.4 is 4.74 Å². The molecule has 1 aliphatic rings. The number of methoxy groups -OCH3 is 1. The summed E-state index contributed by atoms with van der Waals surface area (Å²) in [6, 6.07) is 10.6. The van der Waals surface area contributed by atoms with E-state index in [4.69, 9.17) is 9.72 Å². The molecule has 162 valence electrons. The second kappa shape index (κ2) is 8.37. The fraction of sp³-hybridized carbons (Fsp3) is 0.250. The Morgan fingerprint density at radius 2 is 2.06 bits per heavy atom. The zero-order valence-corrected chi connectivity index (χ0v) is 17.9. The minimum atomic E-state index is -0.228. The molecule has 7 nitrogen and oxygen atoms in total. The lowest BCUT2D eigenvalue weighted by Gasteiger charge is -2.22. The molecule has 0 amide bonds. The lowest BCUT2D eigenvalue weighted by Crippen LogP contribution is -2.18. The third-order valence-electron chi connectivity index (χ3n) is 5.59. The van der Waals surface area contributed by atoms with Crippen LogP contribution in [-0.4, -0.2) is 36.4 Å². The van der Waals surface area contributed by atoms with E-state index in [0.29, 0.717) is 11.7 Å². The fourth-order valence-electron chi connectivity index (χ4n) is 4.08. The van der Waals surface area contributed by atoms with Crippen LogP contribution in [0.2, 0.25) is 0 Å². The van der Waals surface area contributed by atoms with Crippen LogP contribution in [0.4, 0.5) is 4.39 Å². The number of pyridine rings is 1. The largest absolute Gasteiger partial charge is 0.479 e. The molecule has 0 spiro atoms. The SMILES string of the molecule is COc1nc(/C=C/c2nc3n(n2)CCC[C@H]3c2cccc(F)c2)ccc1-n1cnc(C)c1. The first-order valence-electron chi connectivity index (χ1n) is 10.5. The van der Waals surface area contributed by atoms with E-state index in [9.17, 15) is 4.39 Å². The van der Waals surface area contributed by atoms with Crippen molar-refractivity contribution in [2.24, 2.45) is 0 Å². The Morgan fingerprint density at radius 1 is 1.16 bits per heavy atom. The molecule has 5 rings (SSSR count). The van der Waals surface area contributed by atoms with Gasteiger partial charge < -0.3 is 9.30 Å². The summed E-state index contributed by atoms with van der Waals surface area (Å²) >= 11 is 0.